The van der Waals surface area contributed by atoms with E-state index in [-0.39, 0.29) is 34.2 Å². The zero-order chi connectivity index (χ0) is 25.5. The Bertz CT molecular complexity index is 1240. The zero-order valence-corrected chi connectivity index (χ0v) is 20.3. The average Bonchev–Trinajstić information content (AvgIpc) is 3.16. The summed E-state index contributed by atoms with van der Waals surface area (Å²) in [5, 5.41) is 14.8. The normalized spacial score (nSPS) is 15.4. The molecule has 5 nitrogen and oxygen atoms in total. The van der Waals surface area contributed by atoms with Gasteiger partial charge in [0.05, 0.1) is 35.1 Å². The topological polar surface area (TPSA) is 56.5 Å². The molecule has 35 heavy (non-hydrogen) atoms. The first-order chi connectivity index (χ1) is 16.4. The Morgan fingerprint density at radius 1 is 1.11 bits per heavy atom. The molecule has 1 fully saturated rings. The van der Waals surface area contributed by atoms with Crippen LogP contribution in [-0.2, 0) is 23.6 Å². The van der Waals surface area contributed by atoms with Crippen molar-refractivity contribution in [1.29, 1.82) is 0 Å². The van der Waals surface area contributed by atoms with Gasteiger partial charge in [-0.15, -0.1) is 0 Å². The van der Waals surface area contributed by atoms with Crippen LogP contribution in [0.3, 0.4) is 0 Å². The summed E-state index contributed by atoms with van der Waals surface area (Å²) in [6.07, 6.45) is -3.89. The number of aromatic hydroxyl groups is 1. The molecule has 0 bridgehead atoms. The third-order valence-electron chi connectivity index (χ3n) is 5.66. The molecule has 2 aromatic carbocycles. The van der Waals surface area contributed by atoms with Crippen LogP contribution in [0.1, 0.15) is 24.1 Å². The van der Waals surface area contributed by atoms with Crippen LogP contribution in [0.2, 0.25) is 5.02 Å². The number of alkyl halides is 5. The molecule has 1 atom stereocenters. The molecule has 1 aliphatic rings. The fraction of sp³-hybridized carbons (Fsp3) is 0.348. The van der Waals surface area contributed by atoms with E-state index < -0.39 is 33.9 Å². The smallest absolute Gasteiger partial charge is 0.417 e. The molecular weight excluding hydrogens is 514 g/mol. The SMILES string of the molecule is Cn1nc(-c2ccc(OC3CCOCC3)c(-c3ccc(Cl)c(C(F)(F)F)c3)c2O)cc1C(F)(F)P. The largest absolute Gasteiger partial charge is 0.506 e. The van der Waals surface area contributed by atoms with Crippen LogP contribution < -0.4 is 4.74 Å². The lowest BCUT2D eigenvalue weighted by Gasteiger charge is -2.25. The second-order valence-electron chi connectivity index (χ2n) is 8.12. The van der Waals surface area contributed by atoms with Gasteiger partial charge in [0.2, 0.25) is 0 Å². The number of hydrogen-bond donors (Lipinski definition) is 1. The molecule has 1 aromatic heterocycles. The van der Waals surface area contributed by atoms with Gasteiger partial charge in [0.25, 0.3) is 5.66 Å². The summed E-state index contributed by atoms with van der Waals surface area (Å²) in [4.78, 5) is 0. The zero-order valence-electron chi connectivity index (χ0n) is 18.4. The first kappa shape index (κ1) is 25.7. The summed E-state index contributed by atoms with van der Waals surface area (Å²) in [6, 6.07) is 7.24. The Morgan fingerprint density at radius 2 is 1.80 bits per heavy atom. The summed E-state index contributed by atoms with van der Waals surface area (Å²) in [5.41, 5.74) is -4.74. The molecule has 1 unspecified atom stereocenters. The monoisotopic (exact) mass is 534 g/mol. The van der Waals surface area contributed by atoms with Gasteiger partial charge in [-0.3, -0.25) is 4.68 Å². The fourth-order valence-electron chi connectivity index (χ4n) is 3.94. The summed E-state index contributed by atoms with van der Waals surface area (Å²) < 4.78 is 80.8. The molecule has 1 saturated heterocycles. The number of aryl methyl sites for hydroxylation is 1. The number of aromatic nitrogens is 2. The van der Waals surface area contributed by atoms with E-state index >= 15 is 0 Å². The van der Waals surface area contributed by atoms with E-state index in [4.69, 9.17) is 21.1 Å². The molecule has 3 aromatic rings. The molecule has 0 aliphatic carbocycles. The minimum atomic E-state index is -4.73. The molecule has 0 amide bonds. The van der Waals surface area contributed by atoms with Crippen LogP contribution in [0.4, 0.5) is 22.0 Å². The average molecular weight is 535 g/mol. The Balaban J connectivity index is 1.88. The third-order valence-corrected chi connectivity index (χ3v) is 6.28. The maximum Gasteiger partial charge on any atom is 0.417 e. The lowest BCUT2D eigenvalue weighted by atomic mass is 9.96. The predicted octanol–water partition coefficient (Wildman–Crippen LogP) is 6.61. The summed E-state index contributed by atoms with van der Waals surface area (Å²) in [5.74, 6) is -0.317. The first-order valence-corrected chi connectivity index (χ1v) is 11.5. The molecule has 188 valence electrons. The molecule has 2 heterocycles. The van der Waals surface area contributed by atoms with Gasteiger partial charge in [-0.1, -0.05) is 26.9 Å². The van der Waals surface area contributed by atoms with Crippen LogP contribution >= 0.6 is 20.8 Å². The van der Waals surface area contributed by atoms with Crippen LogP contribution in [0, 0.1) is 0 Å². The second-order valence-corrected chi connectivity index (χ2v) is 9.25. The van der Waals surface area contributed by atoms with Crippen LogP contribution in [0.25, 0.3) is 22.4 Å². The van der Waals surface area contributed by atoms with E-state index in [1.54, 1.807) is 0 Å². The van der Waals surface area contributed by atoms with Gasteiger partial charge in [0.15, 0.2) is 0 Å². The third kappa shape index (κ3) is 5.39. The molecule has 1 N–H and O–H groups in total. The van der Waals surface area contributed by atoms with Crippen LogP contribution in [0.15, 0.2) is 36.4 Å². The van der Waals surface area contributed by atoms with Crippen molar-refractivity contribution < 1.29 is 36.5 Å². The quantitative estimate of drug-likeness (QED) is 0.295. The number of rotatable bonds is 5. The van der Waals surface area contributed by atoms with E-state index in [2.05, 4.69) is 5.10 Å². The van der Waals surface area contributed by atoms with Gasteiger partial charge < -0.3 is 14.6 Å². The second kappa shape index (κ2) is 9.56. The number of ether oxygens (including phenoxy) is 2. The van der Waals surface area contributed by atoms with Crippen molar-refractivity contribution in [3.8, 4) is 33.9 Å². The summed E-state index contributed by atoms with van der Waals surface area (Å²) >= 11 is 5.78. The molecular formula is C23H21ClF5N2O3P. The highest BCUT2D eigenvalue weighted by atomic mass is 35.5. The highest BCUT2D eigenvalue weighted by Crippen LogP contribution is 2.47. The summed E-state index contributed by atoms with van der Waals surface area (Å²) in [7, 11) is 2.74. The lowest BCUT2D eigenvalue weighted by Crippen LogP contribution is -2.26. The molecule has 12 heteroatoms. The number of nitrogens with zero attached hydrogens (tertiary/aromatic N) is 2. The van der Waals surface area contributed by atoms with Crippen molar-refractivity contribution in [1.82, 2.24) is 9.78 Å². The van der Waals surface area contributed by atoms with Crippen molar-refractivity contribution >= 4 is 20.8 Å². The molecule has 0 radical (unpaired) electrons. The van der Waals surface area contributed by atoms with E-state index in [0.717, 1.165) is 22.9 Å². The Morgan fingerprint density at radius 3 is 2.40 bits per heavy atom. The number of phenolic OH excluding ortho intramolecular Hbond substituents is 1. The van der Waals surface area contributed by atoms with E-state index in [1.165, 1.54) is 34.5 Å². The minimum absolute atomic E-state index is 0.00401. The molecule has 0 saturated carbocycles. The van der Waals surface area contributed by atoms with Crippen molar-refractivity contribution in [3.63, 3.8) is 0 Å². The molecule has 4 rings (SSSR count). The molecule has 0 spiro atoms. The standard InChI is InChI=1S/C23H21ClF5N2O3P/c1-31-19(23(28,29)35)11-17(30-31)14-3-5-18(34-13-6-8-33-9-7-13)20(21(14)32)12-2-4-16(24)15(10-12)22(25,26)27/h2-5,10-11,13,32H,6-9,35H2,1H3. The Hall–Kier alpha value is -2.42. The maximum atomic E-state index is 13.9. The number of benzene rings is 2. The fourth-order valence-corrected chi connectivity index (χ4v) is 4.43. The summed E-state index contributed by atoms with van der Waals surface area (Å²) in [6.45, 7) is 0.923. The van der Waals surface area contributed by atoms with E-state index in [0.29, 0.717) is 26.1 Å². The van der Waals surface area contributed by atoms with Gasteiger partial charge in [0, 0.05) is 25.5 Å². The molecule has 1 aliphatic heterocycles. The number of halogens is 6. The van der Waals surface area contributed by atoms with Crippen molar-refractivity contribution in [3.05, 3.63) is 52.7 Å². The van der Waals surface area contributed by atoms with Crippen molar-refractivity contribution in [2.75, 3.05) is 13.2 Å². The lowest BCUT2D eigenvalue weighted by molar-refractivity contribution is -0.137. The van der Waals surface area contributed by atoms with Crippen molar-refractivity contribution in [2.24, 2.45) is 7.05 Å². The Labute approximate surface area is 205 Å². The number of phenols is 1. The maximum absolute atomic E-state index is 13.9. The van der Waals surface area contributed by atoms with Gasteiger partial charge >= 0.3 is 6.18 Å². The van der Waals surface area contributed by atoms with Gasteiger partial charge in [-0.25, -0.2) is 0 Å². The van der Waals surface area contributed by atoms with Gasteiger partial charge in [0.1, 0.15) is 23.3 Å². The van der Waals surface area contributed by atoms with Crippen molar-refractivity contribution in [2.45, 2.75) is 30.8 Å². The Kier molecular flexibility index (Phi) is 7.01. The van der Waals surface area contributed by atoms with Gasteiger partial charge in [-0.05, 0) is 35.9 Å². The highest BCUT2D eigenvalue weighted by Gasteiger charge is 2.35. The van der Waals surface area contributed by atoms with E-state index in [9.17, 15) is 27.1 Å². The highest BCUT2D eigenvalue weighted by molar-refractivity contribution is 7.17. The first-order valence-electron chi connectivity index (χ1n) is 10.6. The van der Waals surface area contributed by atoms with Crippen LogP contribution in [-0.4, -0.2) is 34.2 Å². The van der Waals surface area contributed by atoms with Gasteiger partial charge in [-0.2, -0.15) is 27.1 Å². The number of hydrogen-bond acceptors (Lipinski definition) is 4. The minimum Gasteiger partial charge on any atom is -0.506 e. The van der Waals surface area contributed by atoms with E-state index in [1.807, 2.05) is 0 Å². The predicted molar refractivity (Wildman–Crippen MR) is 124 cm³/mol. The van der Waals surface area contributed by atoms with Crippen LogP contribution in [0.5, 0.6) is 11.5 Å².